The third-order valence-corrected chi connectivity index (χ3v) is 5.30. The van der Waals surface area contributed by atoms with Crippen molar-refractivity contribution in [2.75, 3.05) is 39.4 Å². The van der Waals surface area contributed by atoms with Crippen LogP contribution in [0.25, 0.3) is 0 Å². The van der Waals surface area contributed by atoms with Gasteiger partial charge in [0, 0.05) is 31.7 Å². The zero-order valence-corrected chi connectivity index (χ0v) is 16.5. The summed E-state index contributed by atoms with van der Waals surface area (Å²) in [5.74, 6) is -0.185. The summed E-state index contributed by atoms with van der Waals surface area (Å²) < 4.78 is 25.0. The first kappa shape index (κ1) is 19.5. The van der Waals surface area contributed by atoms with E-state index in [4.69, 9.17) is 21.1 Å². The van der Waals surface area contributed by atoms with Gasteiger partial charge in [0.15, 0.2) is 11.5 Å². The van der Waals surface area contributed by atoms with Crippen LogP contribution in [0.2, 0.25) is 5.02 Å². The fourth-order valence-corrected chi connectivity index (χ4v) is 3.81. The maximum Gasteiger partial charge on any atom is 0.256 e. The summed E-state index contributed by atoms with van der Waals surface area (Å²) >= 11 is 6.25. The van der Waals surface area contributed by atoms with E-state index in [1.807, 2.05) is 0 Å². The normalized spacial score (nSPS) is 16.3. The molecule has 2 amide bonds. The summed E-state index contributed by atoms with van der Waals surface area (Å²) in [7, 11) is 0. The minimum absolute atomic E-state index is 0.0471. The van der Waals surface area contributed by atoms with Crippen LogP contribution in [-0.4, -0.2) is 61.0 Å². The lowest BCUT2D eigenvalue weighted by atomic mass is 10.1. The summed E-state index contributed by atoms with van der Waals surface area (Å²) in [5.41, 5.74) is 0.457. The SMILES string of the molecule is O=C(c1cc(Cl)c2c(c1)OCCO2)N1CCCN(C(=O)c2ccccc2F)CC1. The minimum atomic E-state index is -0.541. The van der Waals surface area contributed by atoms with E-state index < -0.39 is 5.82 Å². The average Bonchev–Trinajstić information content (AvgIpc) is 2.99. The van der Waals surface area contributed by atoms with Crippen LogP contribution in [-0.2, 0) is 0 Å². The zero-order chi connectivity index (χ0) is 20.4. The lowest BCUT2D eigenvalue weighted by molar-refractivity contribution is 0.0715. The number of nitrogens with zero attached hydrogens (tertiary/aromatic N) is 2. The molecule has 0 aromatic heterocycles. The monoisotopic (exact) mass is 418 g/mol. The highest BCUT2D eigenvalue weighted by molar-refractivity contribution is 6.32. The van der Waals surface area contributed by atoms with E-state index in [0.29, 0.717) is 67.9 Å². The van der Waals surface area contributed by atoms with E-state index in [1.54, 1.807) is 34.1 Å². The van der Waals surface area contributed by atoms with Crippen LogP contribution >= 0.6 is 11.6 Å². The minimum Gasteiger partial charge on any atom is -0.486 e. The highest BCUT2D eigenvalue weighted by atomic mass is 35.5. The number of fused-ring (bicyclic) bond motifs is 1. The Morgan fingerprint density at radius 2 is 1.62 bits per heavy atom. The van der Waals surface area contributed by atoms with Gasteiger partial charge in [-0.1, -0.05) is 23.7 Å². The molecule has 1 saturated heterocycles. The summed E-state index contributed by atoms with van der Waals surface area (Å²) in [5, 5.41) is 0.330. The van der Waals surface area contributed by atoms with Gasteiger partial charge < -0.3 is 19.3 Å². The molecule has 2 aliphatic heterocycles. The maximum atomic E-state index is 14.0. The van der Waals surface area contributed by atoms with E-state index in [2.05, 4.69) is 0 Å². The highest BCUT2D eigenvalue weighted by Crippen LogP contribution is 2.38. The predicted octanol–water partition coefficient (Wildman–Crippen LogP) is 3.24. The fraction of sp³-hybridized carbons (Fsp3) is 0.333. The van der Waals surface area contributed by atoms with Gasteiger partial charge in [-0.2, -0.15) is 0 Å². The molecule has 0 radical (unpaired) electrons. The number of rotatable bonds is 2. The molecule has 0 aliphatic carbocycles. The topological polar surface area (TPSA) is 59.1 Å². The molecule has 2 aromatic carbocycles. The molecular formula is C21H20ClFN2O4. The number of hydrogen-bond donors (Lipinski definition) is 0. The number of halogens is 2. The van der Waals surface area contributed by atoms with Crippen molar-refractivity contribution in [2.24, 2.45) is 0 Å². The van der Waals surface area contributed by atoms with E-state index in [0.717, 1.165) is 0 Å². The molecule has 152 valence electrons. The van der Waals surface area contributed by atoms with Crippen LogP contribution in [0.4, 0.5) is 4.39 Å². The number of carbonyl (C=O) groups excluding carboxylic acids is 2. The van der Waals surface area contributed by atoms with Crippen LogP contribution < -0.4 is 9.47 Å². The molecule has 0 atom stereocenters. The summed E-state index contributed by atoms with van der Waals surface area (Å²) in [6.07, 6.45) is 0.601. The molecule has 0 unspecified atom stereocenters. The quantitative estimate of drug-likeness (QED) is 0.751. The lowest BCUT2D eigenvalue weighted by Gasteiger charge is -2.24. The van der Waals surface area contributed by atoms with Gasteiger partial charge in [-0.05, 0) is 30.7 Å². The molecule has 0 spiro atoms. The molecule has 8 heteroatoms. The number of carbonyl (C=O) groups is 2. The second kappa shape index (κ2) is 8.29. The van der Waals surface area contributed by atoms with Crippen molar-refractivity contribution in [3.05, 3.63) is 58.4 Å². The van der Waals surface area contributed by atoms with Gasteiger partial charge in [0.25, 0.3) is 11.8 Å². The van der Waals surface area contributed by atoms with Gasteiger partial charge >= 0.3 is 0 Å². The Bertz CT molecular complexity index is 952. The van der Waals surface area contributed by atoms with Gasteiger partial charge in [0.2, 0.25) is 0 Å². The molecule has 2 aromatic rings. The average molecular weight is 419 g/mol. The van der Waals surface area contributed by atoms with Crippen molar-refractivity contribution in [1.29, 1.82) is 0 Å². The third kappa shape index (κ3) is 4.00. The van der Waals surface area contributed by atoms with Crippen molar-refractivity contribution >= 4 is 23.4 Å². The second-order valence-corrected chi connectivity index (χ2v) is 7.31. The molecule has 2 aliphatic rings. The van der Waals surface area contributed by atoms with Gasteiger partial charge in [0.05, 0.1) is 10.6 Å². The first-order valence-electron chi connectivity index (χ1n) is 9.47. The molecule has 6 nitrogen and oxygen atoms in total. The second-order valence-electron chi connectivity index (χ2n) is 6.90. The molecule has 0 N–H and O–H groups in total. The summed E-state index contributed by atoms with van der Waals surface area (Å²) in [4.78, 5) is 28.9. The molecule has 1 fully saturated rings. The molecule has 4 rings (SSSR count). The number of amides is 2. The van der Waals surface area contributed by atoms with E-state index in [9.17, 15) is 14.0 Å². The van der Waals surface area contributed by atoms with Crippen molar-refractivity contribution in [2.45, 2.75) is 6.42 Å². The van der Waals surface area contributed by atoms with Crippen molar-refractivity contribution < 1.29 is 23.5 Å². The lowest BCUT2D eigenvalue weighted by Crippen LogP contribution is -2.37. The zero-order valence-electron chi connectivity index (χ0n) is 15.7. The van der Waals surface area contributed by atoms with E-state index in [-0.39, 0.29) is 17.4 Å². The van der Waals surface area contributed by atoms with Gasteiger partial charge in [-0.15, -0.1) is 0 Å². The van der Waals surface area contributed by atoms with Gasteiger partial charge in [-0.3, -0.25) is 9.59 Å². The van der Waals surface area contributed by atoms with E-state index in [1.165, 1.54) is 12.1 Å². The smallest absolute Gasteiger partial charge is 0.256 e. The molecular weight excluding hydrogens is 399 g/mol. The molecule has 2 heterocycles. The Balaban J connectivity index is 1.47. The Labute approximate surface area is 172 Å². The Hall–Kier alpha value is -2.80. The first-order chi connectivity index (χ1) is 14.0. The Morgan fingerprint density at radius 1 is 0.931 bits per heavy atom. The third-order valence-electron chi connectivity index (χ3n) is 5.02. The highest BCUT2D eigenvalue weighted by Gasteiger charge is 2.26. The van der Waals surface area contributed by atoms with Crippen LogP contribution in [0.15, 0.2) is 36.4 Å². The number of ether oxygens (including phenoxy) is 2. The standard InChI is InChI=1S/C21H20ClFN2O4/c22-16-12-14(13-18-19(16)29-11-10-28-18)20(26)24-6-3-7-25(9-8-24)21(27)15-4-1-2-5-17(15)23/h1-2,4-5,12-13H,3,6-11H2. The van der Waals surface area contributed by atoms with Crippen LogP contribution in [0.5, 0.6) is 11.5 Å². The maximum absolute atomic E-state index is 14.0. The van der Waals surface area contributed by atoms with Crippen molar-refractivity contribution in [3.8, 4) is 11.5 Å². The van der Waals surface area contributed by atoms with Crippen LogP contribution in [0.3, 0.4) is 0 Å². The summed E-state index contributed by atoms with van der Waals surface area (Å²) in [6, 6.07) is 9.14. The molecule has 0 bridgehead atoms. The van der Waals surface area contributed by atoms with Crippen LogP contribution in [0, 0.1) is 5.82 Å². The van der Waals surface area contributed by atoms with Gasteiger partial charge in [0.1, 0.15) is 19.0 Å². The van der Waals surface area contributed by atoms with Crippen molar-refractivity contribution in [1.82, 2.24) is 9.80 Å². The molecule has 29 heavy (non-hydrogen) atoms. The van der Waals surface area contributed by atoms with Gasteiger partial charge in [-0.25, -0.2) is 4.39 Å². The summed E-state index contributed by atoms with van der Waals surface area (Å²) in [6.45, 7) is 2.45. The van der Waals surface area contributed by atoms with Crippen molar-refractivity contribution in [3.63, 3.8) is 0 Å². The first-order valence-corrected chi connectivity index (χ1v) is 9.84. The fourth-order valence-electron chi connectivity index (χ4n) is 3.55. The van der Waals surface area contributed by atoms with Crippen LogP contribution in [0.1, 0.15) is 27.1 Å². The predicted molar refractivity (Wildman–Crippen MR) is 105 cm³/mol. The number of hydrogen-bond acceptors (Lipinski definition) is 4. The molecule has 0 saturated carbocycles. The number of benzene rings is 2. The largest absolute Gasteiger partial charge is 0.486 e. The Kier molecular flexibility index (Phi) is 5.58. The Morgan fingerprint density at radius 3 is 2.38 bits per heavy atom. The van der Waals surface area contributed by atoms with E-state index >= 15 is 0 Å².